The molecule has 0 aliphatic heterocycles. The van der Waals surface area contributed by atoms with Crippen LogP contribution >= 0.6 is 0 Å². The fourth-order valence-corrected chi connectivity index (χ4v) is 1.04. The van der Waals surface area contributed by atoms with Crippen molar-refractivity contribution >= 4 is 0 Å². The standard InChI is InChI=1S/C7H17NO4/c1-4-5-6(9,8(2)3)7(10,11)12/h9-12H,4-5H2,1-3H3. The zero-order valence-electron chi connectivity index (χ0n) is 7.65. The Labute approximate surface area is 71.9 Å². The molecule has 0 aliphatic rings. The number of nitrogens with zero attached hydrogens (tertiary/aromatic N) is 1. The van der Waals surface area contributed by atoms with E-state index in [2.05, 4.69) is 0 Å². The highest BCUT2D eigenvalue weighted by atomic mass is 16.7. The lowest BCUT2D eigenvalue weighted by atomic mass is 10.0. The highest BCUT2D eigenvalue weighted by molar-refractivity contribution is 4.81. The summed E-state index contributed by atoms with van der Waals surface area (Å²) in [5.41, 5.74) is -2.01. The number of aliphatic hydroxyl groups is 4. The molecule has 0 rings (SSSR count). The number of likely N-dealkylation sites (N-methyl/N-ethyl adjacent to an activating group) is 1. The number of hydrogen-bond donors (Lipinski definition) is 4. The molecular weight excluding hydrogens is 162 g/mol. The van der Waals surface area contributed by atoms with E-state index in [1.54, 1.807) is 6.92 Å². The first-order valence-corrected chi connectivity index (χ1v) is 3.82. The number of hydrogen-bond acceptors (Lipinski definition) is 5. The maximum absolute atomic E-state index is 9.60. The van der Waals surface area contributed by atoms with Gasteiger partial charge in [0, 0.05) is 0 Å². The summed E-state index contributed by atoms with van der Waals surface area (Å²) in [6.45, 7) is 1.76. The quantitative estimate of drug-likeness (QED) is 0.402. The predicted molar refractivity (Wildman–Crippen MR) is 42.9 cm³/mol. The van der Waals surface area contributed by atoms with E-state index in [9.17, 15) is 5.11 Å². The van der Waals surface area contributed by atoms with Crippen LogP contribution in [-0.2, 0) is 0 Å². The third kappa shape index (κ3) is 2.15. The Morgan fingerprint density at radius 1 is 1.08 bits per heavy atom. The van der Waals surface area contributed by atoms with Gasteiger partial charge in [0.1, 0.15) is 0 Å². The zero-order chi connectivity index (χ0) is 9.99. The molecule has 0 aliphatic carbocycles. The summed E-state index contributed by atoms with van der Waals surface area (Å²) < 4.78 is 0. The van der Waals surface area contributed by atoms with Gasteiger partial charge in [0.2, 0.25) is 5.72 Å². The van der Waals surface area contributed by atoms with Gasteiger partial charge < -0.3 is 20.4 Å². The van der Waals surface area contributed by atoms with Crippen LogP contribution in [0.1, 0.15) is 19.8 Å². The minimum Gasteiger partial charge on any atom is -0.368 e. The van der Waals surface area contributed by atoms with Gasteiger partial charge in [-0.1, -0.05) is 13.3 Å². The molecule has 74 valence electrons. The predicted octanol–water partition coefficient (Wildman–Crippen LogP) is -1.33. The van der Waals surface area contributed by atoms with E-state index in [4.69, 9.17) is 15.3 Å². The average molecular weight is 179 g/mol. The normalized spacial score (nSPS) is 18.0. The Kier molecular flexibility index (Phi) is 3.61. The van der Waals surface area contributed by atoms with E-state index < -0.39 is 11.7 Å². The fraction of sp³-hybridized carbons (Fsp3) is 1.00. The first-order valence-electron chi connectivity index (χ1n) is 3.82. The molecule has 0 radical (unpaired) electrons. The lowest BCUT2D eigenvalue weighted by molar-refractivity contribution is -0.421. The van der Waals surface area contributed by atoms with Crippen molar-refractivity contribution in [3.8, 4) is 0 Å². The summed E-state index contributed by atoms with van der Waals surface area (Å²) in [5, 5.41) is 36.2. The fourth-order valence-electron chi connectivity index (χ4n) is 1.04. The molecule has 1 atom stereocenters. The largest absolute Gasteiger partial charge is 0.368 e. The average Bonchev–Trinajstić information content (AvgIpc) is 1.85. The summed E-state index contributed by atoms with van der Waals surface area (Å²) in [6, 6.07) is 0. The SMILES string of the molecule is CCCC(O)(N(C)C)C(O)(O)O. The highest BCUT2D eigenvalue weighted by Gasteiger charge is 2.48. The van der Waals surface area contributed by atoms with Crippen molar-refractivity contribution in [2.75, 3.05) is 14.1 Å². The van der Waals surface area contributed by atoms with Crippen molar-refractivity contribution < 1.29 is 20.4 Å². The van der Waals surface area contributed by atoms with Gasteiger partial charge in [-0.3, -0.25) is 4.90 Å². The molecule has 0 saturated heterocycles. The maximum Gasteiger partial charge on any atom is 0.320 e. The monoisotopic (exact) mass is 179 g/mol. The summed E-state index contributed by atoms with van der Waals surface area (Å²) in [4.78, 5) is 1.16. The van der Waals surface area contributed by atoms with Gasteiger partial charge in [0.25, 0.3) is 0 Å². The summed E-state index contributed by atoms with van der Waals surface area (Å²) in [6.07, 6.45) is 0.599. The molecule has 0 bridgehead atoms. The summed E-state index contributed by atoms with van der Waals surface area (Å²) in [5.74, 6) is -3.09. The van der Waals surface area contributed by atoms with Gasteiger partial charge in [-0.2, -0.15) is 0 Å². The third-order valence-corrected chi connectivity index (χ3v) is 1.88. The van der Waals surface area contributed by atoms with Crippen LogP contribution in [0, 0.1) is 0 Å². The smallest absolute Gasteiger partial charge is 0.320 e. The molecule has 5 heteroatoms. The minimum atomic E-state index is -3.09. The molecule has 4 N–H and O–H groups in total. The van der Waals surface area contributed by atoms with Crippen LogP contribution in [0.3, 0.4) is 0 Å². The maximum atomic E-state index is 9.60. The van der Waals surface area contributed by atoms with E-state index in [0.29, 0.717) is 6.42 Å². The van der Waals surface area contributed by atoms with Crippen molar-refractivity contribution in [2.45, 2.75) is 31.5 Å². The molecule has 0 aromatic rings. The van der Waals surface area contributed by atoms with E-state index >= 15 is 0 Å². The lowest BCUT2D eigenvalue weighted by Crippen LogP contribution is -2.62. The van der Waals surface area contributed by atoms with Crippen LogP contribution in [0.5, 0.6) is 0 Å². The molecule has 1 unspecified atom stereocenters. The first kappa shape index (κ1) is 11.8. The molecule has 0 amide bonds. The molecule has 0 saturated carbocycles. The minimum absolute atomic E-state index is 0.0729. The molecule has 0 aromatic heterocycles. The van der Waals surface area contributed by atoms with Crippen molar-refractivity contribution in [1.82, 2.24) is 4.90 Å². The van der Waals surface area contributed by atoms with Crippen LogP contribution in [0.15, 0.2) is 0 Å². The van der Waals surface area contributed by atoms with Crippen molar-refractivity contribution in [1.29, 1.82) is 0 Å². The zero-order valence-corrected chi connectivity index (χ0v) is 7.65. The molecular formula is C7H17NO4. The Morgan fingerprint density at radius 2 is 1.50 bits per heavy atom. The van der Waals surface area contributed by atoms with Gasteiger partial charge in [-0.25, -0.2) is 0 Å². The summed E-state index contributed by atoms with van der Waals surface area (Å²) >= 11 is 0. The van der Waals surface area contributed by atoms with Gasteiger partial charge in [0.15, 0.2) is 0 Å². The Bertz CT molecular complexity index is 143. The second-order valence-corrected chi connectivity index (χ2v) is 3.10. The molecule has 0 heterocycles. The van der Waals surface area contributed by atoms with E-state index in [1.165, 1.54) is 14.1 Å². The first-order chi connectivity index (χ1) is 5.25. The van der Waals surface area contributed by atoms with E-state index in [1.807, 2.05) is 0 Å². The van der Waals surface area contributed by atoms with Crippen molar-refractivity contribution in [3.63, 3.8) is 0 Å². The summed E-state index contributed by atoms with van der Waals surface area (Å²) in [7, 11) is 2.90. The van der Waals surface area contributed by atoms with Crippen LogP contribution in [0.2, 0.25) is 0 Å². The Hall–Kier alpha value is -0.200. The molecule has 0 aromatic carbocycles. The lowest BCUT2D eigenvalue weighted by Gasteiger charge is -2.40. The molecule has 0 fully saturated rings. The second kappa shape index (κ2) is 3.68. The van der Waals surface area contributed by atoms with Crippen molar-refractivity contribution in [3.05, 3.63) is 0 Å². The van der Waals surface area contributed by atoms with E-state index in [0.717, 1.165) is 4.90 Å². The molecule has 12 heavy (non-hydrogen) atoms. The van der Waals surface area contributed by atoms with Gasteiger partial charge in [0.05, 0.1) is 0 Å². The molecule has 5 nitrogen and oxygen atoms in total. The van der Waals surface area contributed by atoms with E-state index in [-0.39, 0.29) is 6.42 Å². The van der Waals surface area contributed by atoms with Gasteiger partial charge >= 0.3 is 5.97 Å². The highest BCUT2D eigenvalue weighted by Crippen LogP contribution is 2.24. The van der Waals surface area contributed by atoms with Crippen molar-refractivity contribution in [2.24, 2.45) is 0 Å². The van der Waals surface area contributed by atoms with Crippen LogP contribution in [0.4, 0.5) is 0 Å². The Morgan fingerprint density at radius 3 is 1.58 bits per heavy atom. The topological polar surface area (TPSA) is 84.2 Å². The van der Waals surface area contributed by atoms with Crippen LogP contribution in [-0.4, -0.2) is 51.1 Å². The second-order valence-electron chi connectivity index (χ2n) is 3.10. The molecule has 0 spiro atoms. The van der Waals surface area contributed by atoms with Crippen LogP contribution in [0.25, 0.3) is 0 Å². The van der Waals surface area contributed by atoms with Gasteiger partial charge in [-0.15, -0.1) is 0 Å². The number of rotatable bonds is 4. The third-order valence-electron chi connectivity index (χ3n) is 1.88. The van der Waals surface area contributed by atoms with Crippen LogP contribution < -0.4 is 0 Å². The Balaban J connectivity index is 4.62. The van der Waals surface area contributed by atoms with Gasteiger partial charge in [-0.05, 0) is 20.5 Å².